The predicted octanol–water partition coefficient (Wildman–Crippen LogP) is -2.03. The predicted molar refractivity (Wildman–Crippen MR) is 64.4 cm³/mol. The molecular weight excluding hydrogens is 250 g/mol. The number of nitrogens with zero attached hydrogens (tertiary/aromatic N) is 7. The summed E-state index contributed by atoms with van der Waals surface area (Å²) in [7, 11) is 0. The summed E-state index contributed by atoms with van der Waals surface area (Å²) in [6.07, 6.45) is 2.83. The van der Waals surface area contributed by atoms with Gasteiger partial charge in [0.2, 0.25) is 17.8 Å². The number of hydrogen-bond acceptors (Lipinski definition) is 8. The van der Waals surface area contributed by atoms with Crippen LogP contribution in [0.3, 0.4) is 0 Å². The van der Waals surface area contributed by atoms with Gasteiger partial charge in [0, 0.05) is 13.1 Å². The molecule has 0 aliphatic carbocycles. The van der Waals surface area contributed by atoms with Crippen molar-refractivity contribution in [2.75, 3.05) is 30.3 Å². The van der Waals surface area contributed by atoms with Crippen molar-refractivity contribution in [2.24, 2.45) is 0 Å². The van der Waals surface area contributed by atoms with Crippen molar-refractivity contribution in [3.8, 4) is 5.95 Å². The number of carbonyl (C=O) groups is 1. The largest absolute Gasteiger partial charge is 0.368 e. The van der Waals surface area contributed by atoms with Crippen LogP contribution < -0.4 is 16.0 Å². The maximum absolute atomic E-state index is 11.4. The van der Waals surface area contributed by atoms with Gasteiger partial charge in [-0.3, -0.25) is 4.79 Å². The molecule has 0 spiro atoms. The van der Waals surface area contributed by atoms with Gasteiger partial charge >= 0.3 is 0 Å². The van der Waals surface area contributed by atoms with Crippen molar-refractivity contribution >= 4 is 17.8 Å². The van der Waals surface area contributed by atoms with Gasteiger partial charge < -0.3 is 16.0 Å². The zero-order chi connectivity index (χ0) is 13.2. The Labute approximate surface area is 107 Å². The number of carbonyl (C=O) groups excluding carboxylic acids is 1. The van der Waals surface area contributed by atoms with E-state index in [1.807, 2.05) is 0 Å². The Balaban J connectivity index is 1.95. The Morgan fingerprint density at radius 3 is 2.84 bits per heavy atom. The molecule has 10 nitrogen and oxygen atoms in total. The molecule has 1 saturated heterocycles. The maximum Gasteiger partial charge on any atom is 0.258 e. The van der Waals surface area contributed by atoms with Crippen molar-refractivity contribution in [1.29, 1.82) is 0 Å². The minimum Gasteiger partial charge on any atom is -0.368 e. The summed E-state index contributed by atoms with van der Waals surface area (Å²) in [6, 6.07) is 0. The van der Waals surface area contributed by atoms with Gasteiger partial charge in [0.15, 0.2) is 0 Å². The highest BCUT2D eigenvalue weighted by Gasteiger charge is 2.20. The van der Waals surface area contributed by atoms with E-state index in [0.717, 1.165) is 0 Å². The lowest BCUT2D eigenvalue weighted by Gasteiger charge is -2.26. The number of hydrogen-bond donors (Lipinski definition) is 2. The van der Waals surface area contributed by atoms with Crippen LogP contribution in [0.25, 0.3) is 5.95 Å². The van der Waals surface area contributed by atoms with Gasteiger partial charge in [-0.2, -0.15) is 24.7 Å². The summed E-state index contributed by atoms with van der Waals surface area (Å²) in [4.78, 5) is 29.2. The molecule has 1 aliphatic heterocycles. The second-order valence-electron chi connectivity index (χ2n) is 3.91. The third kappa shape index (κ3) is 2.27. The summed E-state index contributed by atoms with van der Waals surface area (Å²) in [5, 5.41) is 6.66. The van der Waals surface area contributed by atoms with Gasteiger partial charge in [-0.1, -0.05) is 0 Å². The number of nitrogens with one attached hydrogen (secondary N) is 1. The lowest BCUT2D eigenvalue weighted by molar-refractivity contribution is -0.120. The van der Waals surface area contributed by atoms with E-state index in [0.29, 0.717) is 19.0 Å². The van der Waals surface area contributed by atoms with Crippen molar-refractivity contribution in [1.82, 2.24) is 35.0 Å². The fraction of sp³-hybridized carbons (Fsp3) is 0.333. The first-order valence-electron chi connectivity index (χ1n) is 5.60. The van der Waals surface area contributed by atoms with Crippen LogP contribution in [0.1, 0.15) is 0 Å². The number of piperazine rings is 1. The van der Waals surface area contributed by atoms with Crippen LogP contribution in [0.5, 0.6) is 0 Å². The first-order chi connectivity index (χ1) is 9.22. The average Bonchev–Trinajstić information content (AvgIpc) is 2.92. The molecule has 0 bridgehead atoms. The van der Waals surface area contributed by atoms with Gasteiger partial charge in [0.05, 0.1) is 6.54 Å². The van der Waals surface area contributed by atoms with E-state index in [4.69, 9.17) is 5.73 Å². The van der Waals surface area contributed by atoms with E-state index in [1.54, 1.807) is 4.90 Å². The number of nitrogen functional groups attached to an aromatic ring is 1. The molecule has 3 heterocycles. The Morgan fingerprint density at radius 1 is 1.26 bits per heavy atom. The van der Waals surface area contributed by atoms with Gasteiger partial charge in [0.1, 0.15) is 12.7 Å². The molecule has 0 atom stereocenters. The molecule has 3 N–H and O–H groups in total. The topological polar surface area (TPSA) is 128 Å². The molecule has 0 saturated carbocycles. The van der Waals surface area contributed by atoms with E-state index >= 15 is 0 Å². The van der Waals surface area contributed by atoms with Crippen molar-refractivity contribution in [3.63, 3.8) is 0 Å². The molecule has 0 radical (unpaired) electrons. The molecule has 2 aromatic rings. The Hall–Kier alpha value is -2.78. The van der Waals surface area contributed by atoms with Crippen LogP contribution in [0, 0.1) is 0 Å². The van der Waals surface area contributed by atoms with Gasteiger partial charge in [0.25, 0.3) is 5.95 Å². The quantitative estimate of drug-likeness (QED) is 0.633. The number of amides is 1. The molecule has 1 fully saturated rings. The lowest BCUT2D eigenvalue weighted by atomic mass is 10.4. The Kier molecular flexibility index (Phi) is 2.67. The second kappa shape index (κ2) is 4.48. The minimum absolute atomic E-state index is 0.0708. The molecule has 0 unspecified atom stereocenters. The lowest BCUT2D eigenvalue weighted by Crippen LogP contribution is -2.48. The molecule has 3 rings (SSSR count). The van der Waals surface area contributed by atoms with E-state index in [1.165, 1.54) is 17.3 Å². The highest BCUT2D eigenvalue weighted by atomic mass is 16.2. The second-order valence-corrected chi connectivity index (χ2v) is 3.91. The molecular formula is C9H11N9O. The average molecular weight is 261 g/mol. The third-order valence-electron chi connectivity index (χ3n) is 2.57. The van der Waals surface area contributed by atoms with Crippen molar-refractivity contribution < 1.29 is 4.79 Å². The van der Waals surface area contributed by atoms with Crippen molar-refractivity contribution in [3.05, 3.63) is 12.7 Å². The van der Waals surface area contributed by atoms with Gasteiger partial charge in [-0.25, -0.2) is 4.98 Å². The smallest absolute Gasteiger partial charge is 0.258 e. The standard InChI is InChI=1S/C9H11N9O/c10-7-14-8(17-2-1-12-6(19)3-17)16-9(15-7)18-5-11-4-13-18/h4-5H,1-3H2,(H,12,19)(H2,10,14,15,16). The monoisotopic (exact) mass is 261 g/mol. The molecule has 10 heteroatoms. The van der Waals surface area contributed by atoms with Crippen LogP contribution in [-0.2, 0) is 4.79 Å². The molecule has 1 amide bonds. The fourth-order valence-corrected chi connectivity index (χ4v) is 1.73. The molecule has 19 heavy (non-hydrogen) atoms. The first kappa shape index (κ1) is 11.3. The summed E-state index contributed by atoms with van der Waals surface area (Å²) in [5.41, 5.74) is 5.66. The summed E-state index contributed by atoms with van der Waals surface area (Å²) in [5.74, 6) is 0.618. The Morgan fingerprint density at radius 2 is 2.11 bits per heavy atom. The van der Waals surface area contributed by atoms with Crippen LogP contribution in [0.4, 0.5) is 11.9 Å². The highest BCUT2D eigenvalue weighted by Crippen LogP contribution is 2.11. The van der Waals surface area contributed by atoms with E-state index in [2.05, 4.69) is 30.4 Å². The number of aromatic nitrogens is 6. The zero-order valence-corrected chi connectivity index (χ0v) is 9.89. The summed E-state index contributed by atoms with van der Waals surface area (Å²) >= 11 is 0. The molecule has 2 aromatic heterocycles. The normalized spacial score (nSPS) is 15.4. The van der Waals surface area contributed by atoms with Crippen LogP contribution in [0.15, 0.2) is 12.7 Å². The molecule has 98 valence electrons. The number of nitrogens with two attached hydrogens (primary N) is 1. The van der Waals surface area contributed by atoms with Crippen LogP contribution in [-0.4, -0.2) is 55.3 Å². The Bertz CT molecular complexity index is 596. The SMILES string of the molecule is Nc1nc(N2CCNC(=O)C2)nc(-n2cncn2)n1. The van der Waals surface area contributed by atoms with Crippen molar-refractivity contribution in [2.45, 2.75) is 0 Å². The van der Waals surface area contributed by atoms with Crippen LogP contribution in [0.2, 0.25) is 0 Å². The minimum atomic E-state index is -0.0764. The highest BCUT2D eigenvalue weighted by molar-refractivity contribution is 5.81. The summed E-state index contributed by atoms with van der Waals surface area (Å²) < 4.78 is 1.38. The molecule has 1 aliphatic rings. The van der Waals surface area contributed by atoms with Gasteiger partial charge in [-0.15, -0.1) is 0 Å². The van der Waals surface area contributed by atoms with E-state index in [9.17, 15) is 4.79 Å². The zero-order valence-electron chi connectivity index (χ0n) is 9.89. The number of rotatable bonds is 2. The summed E-state index contributed by atoms with van der Waals surface area (Å²) in [6.45, 7) is 1.36. The van der Waals surface area contributed by atoms with E-state index in [-0.39, 0.29) is 24.3 Å². The van der Waals surface area contributed by atoms with Crippen LogP contribution >= 0.6 is 0 Å². The third-order valence-corrected chi connectivity index (χ3v) is 2.57. The fourth-order valence-electron chi connectivity index (χ4n) is 1.73. The molecule has 0 aromatic carbocycles. The first-order valence-corrected chi connectivity index (χ1v) is 5.60. The van der Waals surface area contributed by atoms with Gasteiger partial charge in [-0.05, 0) is 0 Å². The number of anilines is 2. The maximum atomic E-state index is 11.4. The van der Waals surface area contributed by atoms with E-state index < -0.39 is 0 Å².